The maximum Gasteiger partial charge on any atom is 0.472 e. The van der Waals surface area contributed by atoms with Gasteiger partial charge >= 0.3 is 19.8 Å². The molecule has 0 aromatic heterocycles. The summed E-state index contributed by atoms with van der Waals surface area (Å²) in [7, 11) is 1.47. The summed E-state index contributed by atoms with van der Waals surface area (Å²) in [6.07, 6.45) is 36.5. The number of nitrogens with zero attached hydrogens (tertiary/aromatic N) is 1. The molecule has 0 aromatic rings. The van der Waals surface area contributed by atoms with E-state index in [1.54, 1.807) is 0 Å². The molecule has 0 fully saturated rings. The number of allylic oxidation sites excluding steroid dienone is 4. The average Bonchev–Trinajstić information content (AvgIpc) is 3.09. The van der Waals surface area contributed by atoms with Crippen LogP contribution in [0.2, 0.25) is 0 Å². The fourth-order valence-electron chi connectivity index (χ4n) is 5.59. The SMILES string of the molecule is CCCCCC/C=C\CCCCCCCC(=O)OC[C@H](COP(=O)(O)OCC[N+](C)(C)C)OC(=O)CCCCCCC/C=C/CCCCCCCC. The number of hydrogen-bond acceptors (Lipinski definition) is 7. The van der Waals surface area contributed by atoms with E-state index in [2.05, 4.69) is 38.2 Å². The van der Waals surface area contributed by atoms with Crippen LogP contribution < -0.4 is 0 Å². The highest BCUT2D eigenvalue weighted by Crippen LogP contribution is 2.43. The lowest BCUT2D eigenvalue weighted by atomic mass is 10.1. The van der Waals surface area contributed by atoms with E-state index in [4.69, 9.17) is 18.5 Å². The van der Waals surface area contributed by atoms with Crippen molar-refractivity contribution in [1.82, 2.24) is 0 Å². The minimum absolute atomic E-state index is 0.0298. The third-order valence-electron chi connectivity index (χ3n) is 8.95. The lowest BCUT2D eigenvalue weighted by Crippen LogP contribution is -2.37. The molecule has 0 spiro atoms. The zero-order valence-corrected chi connectivity index (χ0v) is 35.2. The van der Waals surface area contributed by atoms with Gasteiger partial charge in [-0.25, -0.2) is 4.57 Å². The van der Waals surface area contributed by atoms with E-state index < -0.39 is 26.5 Å². The van der Waals surface area contributed by atoms with Crippen LogP contribution in [0, 0.1) is 0 Å². The Kier molecular flexibility index (Phi) is 34.2. The molecule has 2 atom stereocenters. The van der Waals surface area contributed by atoms with Crippen LogP contribution in [0.3, 0.4) is 0 Å². The van der Waals surface area contributed by atoms with Gasteiger partial charge in [0.2, 0.25) is 0 Å². The molecule has 0 rings (SSSR count). The van der Waals surface area contributed by atoms with Crippen molar-refractivity contribution < 1.29 is 42.1 Å². The van der Waals surface area contributed by atoms with Gasteiger partial charge in [-0.05, 0) is 64.2 Å². The van der Waals surface area contributed by atoms with E-state index in [0.29, 0.717) is 17.4 Å². The summed E-state index contributed by atoms with van der Waals surface area (Å²) in [5, 5.41) is 0. The maximum absolute atomic E-state index is 12.7. The minimum atomic E-state index is -4.37. The average molecular weight is 759 g/mol. The number of likely N-dealkylation sites (N-methyl/N-ethyl adjacent to an activating group) is 1. The molecule has 0 amide bonds. The predicted octanol–water partition coefficient (Wildman–Crippen LogP) is 11.6. The van der Waals surface area contributed by atoms with Crippen LogP contribution in [0.25, 0.3) is 0 Å². The van der Waals surface area contributed by atoms with Crippen molar-refractivity contribution in [2.75, 3.05) is 47.5 Å². The fourth-order valence-corrected chi connectivity index (χ4v) is 6.33. The van der Waals surface area contributed by atoms with E-state index in [1.165, 1.54) is 77.0 Å². The third kappa shape index (κ3) is 38.2. The Morgan fingerprint density at radius 1 is 0.577 bits per heavy atom. The predicted molar refractivity (Wildman–Crippen MR) is 215 cm³/mol. The number of unbranched alkanes of at least 4 members (excludes halogenated alkanes) is 20. The summed E-state index contributed by atoms with van der Waals surface area (Å²) in [6, 6.07) is 0. The Labute approximate surface area is 319 Å². The van der Waals surface area contributed by atoms with Crippen molar-refractivity contribution in [3.63, 3.8) is 0 Å². The molecule has 0 bridgehead atoms. The van der Waals surface area contributed by atoms with Crippen LogP contribution in [-0.4, -0.2) is 74.9 Å². The van der Waals surface area contributed by atoms with E-state index >= 15 is 0 Å². The van der Waals surface area contributed by atoms with Crippen molar-refractivity contribution in [1.29, 1.82) is 0 Å². The van der Waals surface area contributed by atoms with Crippen LogP contribution >= 0.6 is 7.82 Å². The Morgan fingerprint density at radius 2 is 0.981 bits per heavy atom. The van der Waals surface area contributed by atoms with Gasteiger partial charge in [0.1, 0.15) is 19.8 Å². The van der Waals surface area contributed by atoms with Crippen LogP contribution in [0.5, 0.6) is 0 Å². The second kappa shape index (κ2) is 35.2. The van der Waals surface area contributed by atoms with Gasteiger partial charge in [0, 0.05) is 12.8 Å². The number of ether oxygens (including phenoxy) is 2. The minimum Gasteiger partial charge on any atom is -0.462 e. The largest absolute Gasteiger partial charge is 0.472 e. The first-order valence-corrected chi connectivity index (χ1v) is 22.6. The molecule has 0 aromatic carbocycles. The second-order valence-electron chi connectivity index (χ2n) is 15.4. The molecule has 10 heteroatoms. The summed E-state index contributed by atoms with van der Waals surface area (Å²) in [6.45, 7) is 4.38. The monoisotopic (exact) mass is 759 g/mol. The summed E-state index contributed by atoms with van der Waals surface area (Å²) in [4.78, 5) is 35.3. The highest BCUT2D eigenvalue weighted by Gasteiger charge is 2.27. The highest BCUT2D eigenvalue weighted by molar-refractivity contribution is 7.47. The number of phosphoric acid groups is 1. The number of rotatable bonds is 38. The molecule has 1 unspecified atom stereocenters. The standard InChI is InChI=1S/C42H80NO8P/c1-6-8-10-12-14-16-18-20-21-23-25-27-29-31-33-35-42(45)51-40(39-50-52(46,47)49-37-36-43(3,4)5)38-48-41(44)34-32-30-28-26-24-22-19-17-15-13-11-9-7-2/h17,19-21,40H,6-16,18,22-39H2,1-5H3/p+1/b19-17-,21-20+/t40-/m1/s1. The number of carbonyl (C=O) groups excluding carboxylic acids is 2. The molecule has 0 aliphatic carbocycles. The van der Waals surface area contributed by atoms with E-state index in [1.807, 2.05) is 21.1 Å². The first kappa shape index (κ1) is 50.5. The van der Waals surface area contributed by atoms with Gasteiger partial charge < -0.3 is 18.9 Å². The molecular formula is C42H81NO8P+. The second-order valence-corrected chi connectivity index (χ2v) is 16.8. The molecular weight excluding hydrogens is 677 g/mol. The van der Waals surface area contributed by atoms with Gasteiger partial charge in [-0.2, -0.15) is 0 Å². The topological polar surface area (TPSA) is 108 Å². The van der Waals surface area contributed by atoms with Gasteiger partial charge in [0.05, 0.1) is 27.7 Å². The van der Waals surface area contributed by atoms with E-state index in [9.17, 15) is 19.0 Å². The fraction of sp³-hybridized carbons (Fsp3) is 0.857. The Bertz CT molecular complexity index is 949. The summed E-state index contributed by atoms with van der Waals surface area (Å²) < 4.78 is 34.2. The number of carbonyl (C=O) groups is 2. The van der Waals surface area contributed by atoms with Crippen molar-refractivity contribution in [2.24, 2.45) is 0 Å². The molecule has 0 saturated carbocycles. The lowest BCUT2D eigenvalue weighted by molar-refractivity contribution is -0.870. The summed E-state index contributed by atoms with van der Waals surface area (Å²) in [5.41, 5.74) is 0. The van der Waals surface area contributed by atoms with Crippen molar-refractivity contribution in [2.45, 2.75) is 187 Å². The molecule has 0 heterocycles. The molecule has 0 radical (unpaired) electrons. The lowest BCUT2D eigenvalue weighted by Gasteiger charge is -2.24. The molecule has 9 nitrogen and oxygen atoms in total. The molecule has 1 N–H and O–H groups in total. The smallest absolute Gasteiger partial charge is 0.462 e. The van der Waals surface area contributed by atoms with Crippen molar-refractivity contribution in [3.05, 3.63) is 24.3 Å². The highest BCUT2D eigenvalue weighted by atomic mass is 31.2. The Balaban J connectivity index is 4.41. The van der Waals surface area contributed by atoms with Crippen LogP contribution in [-0.2, 0) is 32.7 Å². The van der Waals surface area contributed by atoms with Crippen molar-refractivity contribution in [3.8, 4) is 0 Å². The van der Waals surface area contributed by atoms with Crippen molar-refractivity contribution >= 4 is 19.8 Å². The van der Waals surface area contributed by atoms with Gasteiger partial charge in [0.25, 0.3) is 0 Å². The van der Waals surface area contributed by atoms with Gasteiger partial charge in [-0.1, -0.05) is 128 Å². The molecule has 0 aliphatic heterocycles. The maximum atomic E-state index is 12.7. The van der Waals surface area contributed by atoms with Gasteiger partial charge in [-0.3, -0.25) is 18.6 Å². The number of phosphoric ester groups is 1. The number of quaternary nitrogens is 1. The van der Waals surface area contributed by atoms with Crippen LogP contribution in [0.1, 0.15) is 181 Å². The van der Waals surface area contributed by atoms with Crippen LogP contribution in [0.15, 0.2) is 24.3 Å². The third-order valence-corrected chi connectivity index (χ3v) is 9.94. The quantitative estimate of drug-likeness (QED) is 0.0218. The first-order chi connectivity index (χ1) is 25.0. The summed E-state index contributed by atoms with van der Waals surface area (Å²) in [5.74, 6) is -0.817. The number of esters is 2. The number of hydrogen-bond donors (Lipinski definition) is 1. The zero-order chi connectivity index (χ0) is 38.6. The first-order valence-electron chi connectivity index (χ1n) is 21.1. The van der Waals surface area contributed by atoms with E-state index in [0.717, 1.165) is 70.6 Å². The van der Waals surface area contributed by atoms with E-state index in [-0.39, 0.29) is 32.0 Å². The normalized spacial score (nSPS) is 13.9. The Morgan fingerprint density at radius 3 is 1.44 bits per heavy atom. The van der Waals surface area contributed by atoms with Gasteiger partial charge in [0.15, 0.2) is 6.10 Å². The molecule has 0 aliphatic rings. The van der Waals surface area contributed by atoms with Gasteiger partial charge in [-0.15, -0.1) is 0 Å². The Hall–Kier alpha value is -1.51. The summed E-state index contributed by atoms with van der Waals surface area (Å²) >= 11 is 0. The zero-order valence-electron chi connectivity index (χ0n) is 34.3. The molecule has 0 saturated heterocycles. The molecule has 52 heavy (non-hydrogen) atoms. The van der Waals surface area contributed by atoms with Crippen LogP contribution in [0.4, 0.5) is 0 Å². The molecule has 306 valence electrons.